The maximum atomic E-state index is 2.41. The molecule has 2 rings (SSSR count). The Hall–Kier alpha value is -0.260. The van der Waals surface area contributed by atoms with Crippen molar-refractivity contribution >= 4 is 0 Å². The van der Waals surface area contributed by atoms with E-state index < -0.39 is 0 Å². The van der Waals surface area contributed by atoms with Gasteiger partial charge in [0.2, 0.25) is 0 Å². The fourth-order valence-corrected chi connectivity index (χ4v) is 2.54. The first-order chi connectivity index (χ1) is 5.27. The Balaban J connectivity index is 2.16. The molecule has 0 saturated heterocycles. The Labute approximate surface area is 69.7 Å². The van der Waals surface area contributed by atoms with Crippen LogP contribution in [0.2, 0.25) is 0 Å². The lowest BCUT2D eigenvalue weighted by Crippen LogP contribution is -2.14. The topological polar surface area (TPSA) is 0 Å². The fraction of sp³-hybridized carbons (Fsp3) is 0.818. The zero-order valence-corrected chi connectivity index (χ0v) is 7.69. The van der Waals surface area contributed by atoms with Crippen molar-refractivity contribution in [1.29, 1.82) is 0 Å². The lowest BCUT2D eigenvalue weighted by molar-refractivity contribution is 0.359. The minimum Gasteiger partial charge on any atom is -0.0707 e. The second-order valence-corrected chi connectivity index (χ2v) is 4.42. The number of hydrogen-bond acceptors (Lipinski definition) is 0. The molecule has 0 aromatic rings. The molecular formula is C11H18. The van der Waals surface area contributed by atoms with E-state index in [1.807, 2.05) is 11.1 Å². The average Bonchev–Trinajstić information content (AvgIpc) is 2.36. The molecule has 62 valence electrons. The van der Waals surface area contributed by atoms with E-state index in [2.05, 4.69) is 13.8 Å². The van der Waals surface area contributed by atoms with Gasteiger partial charge in [0.15, 0.2) is 0 Å². The Morgan fingerprint density at radius 3 is 1.82 bits per heavy atom. The van der Waals surface area contributed by atoms with Crippen LogP contribution >= 0.6 is 0 Å². The molecule has 0 aromatic carbocycles. The van der Waals surface area contributed by atoms with Crippen molar-refractivity contribution in [3.8, 4) is 0 Å². The zero-order chi connectivity index (χ0) is 7.84. The monoisotopic (exact) mass is 150 g/mol. The Morgan fingerprint density at radius 1 is 0.909 bits per heavy atom. The third-order valence-corrected chi connectivity index (χ3v) is 3.57. The van der Waals surface area contributed by atoms with Crippen molar-refractivity contribution in [2.75, 3.05) is 0 Å². The fourth-order valence-electron chi connectivity index (χ4n) is 2.54. The van der Waals surface area contributed by atoms with Gasteiger partial charge >= 0.3 is 0 Å². The van der Waals surface area contributed by atoms with Crippen LogP contribution in [-0.2, 0) is 0 Å². The quantitative estimate of drug-likeness (QED) is 0.463. The van der Waals surface area contributed by atoms with Crippen LogP contribution in [0.3, 0.4) is 0 Å². The lowest BCUT2D eigenvalue weighted by Gasteiger charge is -2.27. The minimum atomic E-state index is 0.951. The predicted octanol–water partition coefficient (Wildman–Crippen LogP) is 3.53. The Kier molecular flexibility index (Phi) is 1.78. The Morgan fingerprint density at radius 2 is 1.36 bits per heavy atom. The average molecular weight is 150 g/mol. The molecule has 2 unspecified atom stereocenters. The maximum Gasteiger partial charge on any atom is -0.0289 e. The third-order valence-electron chi connectivity index (χ3n) is 3.57. The van der Waals surface area contributed by atoms with Crippen molar-refractivity contribution < 1.29 is 0 Å². The molecule has 0 spiro atoms. The first-order valence-electron chi connectivity index (χ1n) is 4.97. The van der Waals surface area contributed by atoms with Gasteiger partial charge in [0.05, 0.1) is 0 Å². The molecule has 0 N–H and O–H groups in total. The van der Waals surface area contributed by atoms with E-state index in [1.54, 1.807) is 0 Å². The largest absolute Gasteiger partial charge is 0.0707 e. The van der Waals surface area contributed by atoms with Gasteiger partial charge in [0.25, 0.3) is 0 Å². The zero-order valence-electron chi connectivity index (χ0n) is 7.69. The van der Waals surface area contributed by atoms with Crippen molar-refractivity contribution in [3.63, 3.8) is 0 Å². The molecule has 0 nitrogen and oxygen atoms in total. The molecule has 0 fully saturated rings. The third kappa shape index (κ3) is 1.23. The van der Waals surface area contributed by atoms with Gasteiger partial charge in [-0.25, -0.2) is 0 Å². The van der Waals surface area contributed by atoms with Crippen molar-refractivity contribution in [3.05, 3.63) is 11.1 Å². The predicted molar refractivity (Wildman–Crippen MR) is 48.4 cm³/mol. The van der Waals surface area contributed by atoms with E-state index in [4.69, 9.17) is 0 Å². The van der Waals surface area contributed by atoms with Crippen LogP contribution < -0.4 is 0 Å². The van der Waals surface area contributed by atoms with Crippen LogP contribution in [0.15, 0.2) is 11.1 Å². The molecule has 0 heteroatoms. The summed E-state index contributed by atoms with van der Waals surface area (Å²) in [5.74, 6) is 1.90. The smallest absolute Gasteiger partial charge is 0.0289 e. The molecule has 0 amide bonds. The molecule has 0 aliphatic heterocycles. The summed E-state index contributed by atoms with van der Waals surface area (Å²) in [4.78, 5) is 0. The summed E-state index contributed by atoms with van der Waals surface area (Å²) in [6, 6.07) is 0. The van der Waals surface area contributed by atoms with Crippen molar-refractivity contribution in [2.45, 2.75) is 46.0 Å². The molecule has 0 radical (unpaired) electrons. The second-order valence-electron chi connectivity index (χ2n) is 4.42. The molecule has 0 bridgehead atoms. The van der Waals surface area contributed by atoms with Gasteiger partial charge in [0, 0.05) is 0 Å². The highest BCUT2D eigenvalue weighted by atomic mass is 14.3. The van der Waals surface area contributed by atoms with Gasteiger partial charge in [0.1, 0.15) is 0 Å². The van der Waals surface area contributed by atoms with Gasteiger partial charge in [-0.1, -0.05) is 25.0 Å². The summed E-state index contributed by atoms with van der Waals surface area (Å²) in [7, 11) is 0. The van der Waals surface area contributed by atoms with Crippen LogP contribution in [0.1, 0.15) is 46.0 Å². The van der Waals surface area contributed by atoms with Crippen LogP contribution in [0.25, 0.3) is 0 Å². The summed E-state index contributed by atoms with van der Waals surface area (Å²) in [5, 5.41) is 0. The molecule has 2 aliphatic carbocycles. The summed E-state index contributed by atoms with van der Waals surface area (Å²) < 4.78 is 0. The van der Waals surface area contributed by atoms with Gasteiger partial charge < -0.3 is 0 Å². The summed E-state index contributed by atoms with van der Waals surface area (Å²) in [6.45, 7) is 4.82. The van der Waals surface area contributed by atoms with Gasteiger partial charge in [-0.15, -0.1) is 0 Å². The molecular weight excluding hydrogens is 132 g/mol. The highest BCUT2D eigenvalue weighted by molar-refractivity contribution is 5.23. The van der Waals surface area contributed by atoms with Crippen LogP contribution in [0.5, 0.6) is 0 Å². The first-order valence-corrected chi connectivity index (χ1v) is 4.97. The van der Waals surface area contributed by atoms with E-state index >= 15 is 0 Å². The van der Waals surface area contributed by atoms with E-state index in [9.17, 15) is 0 Å². The Bertz CT molecular complexity index is 168. The van der Waals surface area contributed by atoms with E-state index in [0.717, 1.165) is 11.8 Å². The molecule has 0 aromatic heterocycles. The van der Waals surface area contributed by atoms with Gasteiger partial charge in [-0.05, 0) is 43.9 Å². The standard InChI is InChI=1S/C11H18/c1-8-6-10-4-3-5-11(10)7-9(8)2/h8-9H,3-7H2,1-2H3. The highest BCUT2D eigenvalue weighted by Crippen LogP contribution is 2.41. The number of allylic oxidation sites excluding steroid dienone is 2. The summed E-state index contributed by atoms with van der Waals surface area (Å²) in [5.41, 5.74) is 3.66. The molecule has 11 heavy (non-hydrogen) atoms. The van der Waals surface area contributed by atoms with Gasteiger partial charge in [-0.2, -0.15) is 0 Å². The molecule has 2 aliphatic rings. The highest BCUT2D eigenvalue weighted by Gasteiger charge is 2.26. The van der Waals surface area contributed by atoms with E-state index in [1.165, 1.54) is 32.1 Å². The van der Waals surface area contributed by atoms with Gasteiger partial charge in [-0.3, -0.25) is 0 Å². The SMILES string of the molecule is CC1CC2=C(CCC2)CC1C. The van der Waals surface area contributed by atoms with Crippen molar-refractivity contribution in [1.82, 2.24) is 0 Å². The molecule has 0 heterocycles. The normalized spacial score (nSPS) is 37.6. The van der Waals surface area contributed by atoms with Crippen molar-refractivity contribution in [2.24, 2.45) is 11.8 Å². The van der Waals surface area contributed by atoms with Crippen LogP contribution in [0, 0.1) is 11.8 Å². The molecule has 2 atom stereocenters. The van der Waals surface area contributed by atoms with E-state index in [-0.39, 0.29) is 0 Å². The first kappa shape index (κ1) is 7.39. The number of hydrogen-bond donors (Lipinski definition) is 0. The minimum absolute atomic E-state index is 0.951. The van der Waals surface area contributed by atoms with E-state index in [0.29, 0.717) is 0 Å². The summed E-state index contributed by atoms with van der Waals surface area (Å²) in [6.07, 6.45) is 7.12. The maximum absolute atomic E-state index is 2.41. The van der Waals surface area contributed by atoms with Crippen LogP contribution in [0.4, 0.5) is 0 Å². The summed E-state index contributed by atoms with van der Waals surface area (Å²) >= 11 is 0. The number of rotatable bonds is 0. The van der Waals surface area contributed by atoms with Crippen LogP contribution in [-0.4, -0.2) is 0 Å². The molecule has 0 saturated carbocycles. The second kappa shape index (κ2) is 2.66. The lowest BCUT2D eigenvalue weighted by atomic mass is 9.79.